The van der Waals surface area contributed by atoms with Crippen molar-refractivity contribution in [2.24, 2.45) is 17.8 Å². The Morgan fingerprint density at radius 3 is 0.697 bits per heavy atom. The number of aliphatic hydroxyl groups is 1. The predicted octanol–water partition coefficient (Wildman–Crippen LogP) is 27.6. The zero-order valence-electron chi connectivity index (χ0n) is 72.0. The number of carbonyl (C=O) groups is 4. The van der Waals surface area contributed by atoms with Crippen LogP contribution in [0.3, 0.4) is 0 Å². The lowest BCUT2D eigenvalue weighted by atomic mass is 9.99. The molecule has 0 spiro atoms. The summed E-state index contributed by atoms with van der Waals surface area (Å²) in [5, 5.41) is 10.7. The zero-order chi connectivity index (χ0) is 80.0. The van der Waals surface area contributed by atoms with Crippen LogP contribution in [0.4, 0.5) is 0 Å². The molecule has 0 rings (SSSR count). The minimum absolute atomic E-state index is 0.106. The van der Waals surface area contributed by atoms with Gasteiger partial charge < -0.3 is 33.8 Å². The van der Waals surface area contributed by atoms with Crippen LogP contribution in [-0.2, 0) is 65.4 Å². The Hall–Kier alpha value is -1.94. The SMILES string of the molecule is CCCCCCCCCCCCCCCCCCCCCCCC(=O)OC[C@H](COP(=O)(O)OC[C@@H](O)COP(=O)(O)OC[C@@H](COC(=O)CCCCCCCCCCC(C)CC)OC(=O)CCCCCCCCCCCCCC(C)C)OC(=O)CCCCCCCCCCCCCCCCCCCCC(C)CC. The molecule has 7 atom stereocenters. The minimum atomic E-state index is -4.97. The average Bonchev–Trinajstić information content (AvgIpc) is 0.901. The van der Waals surface area contributed by atoms with Gasteiger partial charge in [-0.05, 0) is 43.4 Å². The molecule has 0 aliphatic carbocycles. The van der Waals surface area contributed by atoms with Crippen molar-refractivity contribution < 1.29 is 80.2 Å². The van der Waals surface area contributed by atoms with Gasteiger partial charge >= 0.3 is 39.5 Å². The molecule has 3 N–H and O–H groups in total. The van der Waals surface area contributed by atoms with Crippen molar-refractivity contribution in [3.63, 3.8) is 0 Å². The first kappa shape index (κ1) is 107. The average molecular weight is 1590 g/mol. The van der Waals surface area contributed by atoms with Gasteiger partial charge in [0, 0.05) is 25.7 Å². The second kappa shape index (κ2) is 79.9. The van der Waals surface area contributed by atoms with E-state index in [0.29, 0.717) is 25.7 Å². The maximum Gasteiger partial charge on any atom is 0.472 e. The van der Waals surface area contributed by atoms with E-state index in [4.69, 9.17) is 37.0 Å². The number of aliphatic hydroxyl groups excluding tert-OH is 1. The Morgan fingerprint density at radius 1 is 0.266 bits per heavy atom. The molecule has 19 heteroatoms. The molecule has 0 saturated heterocycles. The molecular weight excluding hydrogens is 1410 g/mol. The summed E-state index contributed by atoms with van der Waals surface area (Å²) in [6.45, 7) is 12.1. The van der Waals surface area contributed by atoms with Gasteiger partial charge in [0.05, 0.1) is 26.4 Å². The summed E-state index contributed by atoms with van der Waals surface area (Å²) in [5.41, 5.74) is 0. The Kier molecular flexibility index (Phi) is 78.5. The van der Waals surface area contributed by atoms with Crippen LogP contribution in [0.25, 0.3) is 0 Å². The van der Waals surface area contributed by atoms with Crippen LogP contribution in [-0.4, -0.2) is 96.7 Å². The second-order valence-corrected chi connectivity index (χ2v) is 36.2. The topological polar surface area (TPSA) is 237 Å². The van der Waals surface area contributed by atoms with E-state index in [2.05, 4.69) is 48.5 Å². The smallest absolute Gasteiger partial charge is 0.462 e. The second-order valence-electron chi connectivity index (χ2n) is 33.3. The fraction of sp³-hybridized carbons (Fsp3) is 0.956. The predicted molar refractivity (Wildman–Crippen MR) is 451 cm³/mol. The molecule has 109 heavy (non-hydrogen) atoms. The summed E-state index contributed by atoms with van der Waals surface area (Å²) >= 11 is 0. The molecule has 0 aromatic heterocycles. The summed E-state index contributed by atoms with van der Waals surface area (Å²) in [5.74, 6) is 0.312. The third-order valence-electron chi connectivity index (χ3n) is 21.9. The van der Waals surface area contributed by atoms with E-state index >= 15 is 0 Å². The summed E-state index contributed by atoms with van der Waals surface area (Å²) in [6, 6.07) is 0. The van der Waals surface area contributed by atoms with E-state index in [0.717, 1.165) is 108 Å². The van der Waals surface area contributed by atoms with Gasteiger partial charge in [-0.15, -0.1) is 0 Å². The summed E-state index contributed by atoms with van der Waals surface area (Å²) < 4.78 is 69.0. The molecule has 0 aliphatic rings. The Balaban J connectivity index is 5.24. The number of carbonyl (C=O) groups excluding carboxylic acids is 4. The largest absolute Gasteiger partial charge is 0.472 e. The lowest BCUT2D eigenvalue weighted by molar-refractivity contribution is -0.161. The molecule has 0 saturated carbocycles. The van der Waals surface area contributed by atoms with Crippen LogP contribution in [0.15, 0.2) is 0 Å². The molecule has 0 aliphatic heterocycles. The van der Waals surface area contributed by atoms with Gasteiger partial charge in [-0.25, -0.2) is 9.13 Å². The highest BCUT2D eigenvalue weighted by molar-refractivity contribution is 7.47. The van der Waals surface area contributed by atoms with Gasteiger partial charge in [-0.3, -0.25) is 37.3 Å². The number of rotatable bonds is 88. The first-order chi connectivity index (χ1) is 52.8. The van der Waals surface area contributed by atoms with Crippen molar-refractivity contribution in [3.8, 4) is 0 Å². The first-order valence-electron chi connectivity index (χ1n) is 46.4. The van der Waals surface area contributed by atoms with Gasteiger partial charge in [0.15, 0.2) is 12.2 Å². The van der Waals surface area contributed by atoms with Crippen molar-refractivity contribution in [2.45, 2.75) is 497 Å². The quantitative estimate of drug-likeness (QED) is 0.0222. The lowest BCUT2D eigenvalue weighted by Crippen LogP contribution is -2.30. The van der Waals surface area contributed by atoms with E-state index in [1.807, 2.05) is 0 Å². The molecule has 0 aromatic rings. The maximum absolute atomic E-state index is 13.2. The van der Waals surface area contributed by atoms with Crippen LogP contribution >= 0.6 is 15.6 Å². The van der Waals surface area contributed by atoms with Crippen LogP contribution in [0.1, 0.15) is 479 Å². The maximum atomic E-state index is 13.2. The molecule has 4 unspecified atom stereocenters. The molecule has 0 amide bonds. The molecule has 0 bridgehead atoms. The van der Waals surface area contributed by atoms with E-state index in [-0.39, 0.29) is 25.7 Å². The highest BCUT2D eigenvalue weighted by atomic mass is 31.2. The first-order valence-corrected chi connectivity index (χ1v) is 49.4. The normalized spacial score (nSPS) is 14.3. The molecule has 0 radical (unpaired) electrons. The summed E-state index contributed by atoms with van der Waals surface area (Å²) in [6.07, 6.45) is 72.3. The number of phosphoric acid groups is 2. The molecule has 648 valence electrons. The Bertz CT molecular complexity index is 2100. The van der Waals surface area contributed by atoms with Crippen LogP contribution in [0.5, 0.6) is 0 Å². The third-order valence-corrected chi connectivity index (χ3v) is 23.8. The number of unbranched alkanes of at least 4 members (excludes halogenated alkanes) is 54. The zero-order valence-corrected chi connectivity index (χ0v) is 73.8. The van der Waals surface area contributed by atoms with Crippen molar-refractivity contribution in [1.29, 1.82) is 0 Å². The van der Waals surface area contributed by atoms with Crippen molar-refractivity contribution in [2.75, 3.05) is 39.6 Å². The van der Waals surface area contributed by atoms with Crippen molar-refractivity contribution >= 4 is 39.5 Å². The highest BCUT2D eigenvalue weighted by Crippen LogP contribution is 2.45. The van der Waals surface area contributed by atoms with Gasteiger partial charge in [-0.1, -0.05) is 427 Å². The Labute approximate surface area is 670 Å². The third kappa shape index (κ3) is 81.0. The summed E-state index contributed by atoms with van der Waals surface area (Å²) in [4.78, 5) is 73.4. The van der Waals surface area contributed by atoms with Gasteiger partial charge in [0.1, 0.15) is 19.3 Å². The van der Waals surface area contributed by atoms with Crippen molar-refractivity contribution in [1.82, 2.24) is 0 Å². The molecule has 0 fully saturated rings. The number of ether oxygens (including phenoxy) is 4. The minimum Gasteiger partial charge on any atom is -0.462 e. The van der Waals surface area contributed by atoms with E-state index < -0.39 is 97.5 Å². The number of hydrogen-bond acceptors (Lipinski definition) is 15. The standard InChI is InChI=1S/C90H176O17P2/c1-8-11-12-13-14-15-16-17-18-19-20-21-22-26-29-32-37-42-50-57-64-71-87(92)100-77-85(106-89(94)73-66-59-52-43-38-33-30-27-24-23-25-28-31-36-41-48-55-62-69-82(6)9-2)79-104-108(96,97)102-75-84(91)76-103-109(98,99)105-80-86(78-101-88(93)72-65-58-51-46-45-49-56-63-70-83(7)10-3)107-90(95)74-67-60-53-44-39-34-35-40-47-54-61-68-81(4)5/h81-86,91H,8-80H2,1-7H3,(H,96,97)(H,98,99)/t82?,83?,84-,85-,86-/m1/s1. The molecule has 0 aromatic carbocycles. The van der Waals surface area contributed by atoms with Crippen LogP contribution in [0.2, 0.25) is 0 Å². The van der Waals surface area contributed by atoms with Gasteiger partial charge in [0.2, 0.25) is 0 Å². The fourth-order valence-corrected chi connectivity index (χ4v) is 15.6. The van der Waals surface area contributed by atoms with Crippen LogP contribution < -0.4 is 0 Å². The highest BCUT2D eigenvalue weighted by Gasteiger charge is 2.31. The van der Waals surface area contributed by atoms with E-state index in [1.54, 1.807) is 0 Å². The van der Waals surface area contributed by atoms with Gasteiger partial charge in [-0.2, -0.15) is 0 Å². The van der Waals surface area contributed by atoms with E-state index in [1.165, 1.54) is 289 Å². The fourth-order valence-electron chi connectivity index (χ4n) is 14.0. The van der Waals surface area contributed by atoms with Gasteiger partial charge in [0.25, 0.3) is 0 Å². The van der Waals surface area contributed by atoms with E-state index in [9.17, 15) is 43.2 Å². The van der Waals surface area contributed by atoms with Crippen LogP contribution in [0, 0.1) is 17.8 Å². The summed E-state index contributed by atoms with van der Waals surface area (Å²) in [7, 11) is -9.93. The number of phosphoric ester groups is 2. The van der Waals surface area contributed by atoms with Crippen molar-refractivity contribution in [3.05, 3.63) is 0 Å². The molecule has 0 heterocycles. The number of esters is 4. The monoisotopic (exact) mass is 1590 g/mol. The number of hydrogen-bond donors (Lipinski definition) is 3. The molecular formula is C90H176O17P2. The Morgan fingerprint density at radius 2 is 0.468 bits per heavy atom. The lowest BCUT2D eigenvalue weighted by Gasteiger charge is -2.21. The molecule has 17 nitrogen and oxygen atoms in total.